The van der Waals surface area contributed by atoms with Crippen LogP contribution >= 0.6 is 0 Å². The molecule has 0 saturated heterocycles. The Bertz CT molecular complexity index is 664. The number of benzene rings is 1. The van der Waals surface area contributed by atoms with E-state index in [2.05, 4.69) is 10.4 Å². The van der Waals surface area contributed by atoms with Crippen molar-refractivity contribution in [2.24, 2.45) is 5.84 Å². The first-order chi connectivity index (χ1) is 11.1. The molecule has 0 fully saturated rings. The van der Waals surface area contributed by atoms with Crippen LogP contribution in [0.4, 0.5) is 0 Å². The third kappa shape index (κ3) is 5.64. The predicted octanol–water partition coefficient (Wildman–Crippen LogP) is 1.53. The minimum atomic E-state index is -0.200. The highest BCUT2D eigenvalue weighted by molar-refractivity contribution is 5.78. The van der Waals surface area contributed by atoms with E-state index in [0.717, 1.165) is 29.7 Å². The molecule has 1 amide bonds. The van der Waals surface area contributed by atoms with Gasteiger partial charge in [-0.3, -0.25) is 20.0 Å². The quantitative estimate of drug-likeness (QED) is 0.461. The summed E-state index contributed by atoms with van der Waals surface area (Å²) in [5, 5.41) is 0. The summed E-state index contributed by atoms with van der Waals surface area (Å²) >= 11 is 0. The zero-order valence-electron chi connectivity index (χ0n) is 13.2. The SMILES string of the molecule is CC(=O)Cc1ccc(CCc2ccc(CC(=O)NN)cc2)cn1. The van der Waals surface area contributed by atoms with Gasteiger partial charge in [-0.15, -0.1) is 0 Å². The standard InChI is InChI=1S/C18H21N3O2/c1-13(22)10-17-9-8-16(12-20-17)7-4-14-2-5-15(6-3-14)11-18(23)21-19/h2-3,5-6,8-9,12H,4,7,10-11,19H2,1H3,(H,21,23). The van der Waals surface area contributed by atoms with E-state index in [9.17, 15) is 9.59 Å². The maximum atomic E-state index is 11.2. The summed E-state index contributed by atoms with van der Waals surface area (Å²) in [5.41, 5.74) is 6.22. The van der Waals surface area contributed by atoms with Gasteiger partial charge in [-0.05, 0) is 42.5 Å². The molecule has 0 saturated carbocycles. The second kappa shape index (κ2) is 8.19. The van der Waals surface area contributed by atoms with Crippen molar-refractivity contribution in [2.45, 2.75) is 32.6 Å². The molecule has 0 unspecified atom stereocenters. The van der Waals surface area contributed by atoms with Crippen LogP contribution in [0.2, 0.25) is 0 Å². The highest BCUT2D eigenvalue weighted by Gasteiger charge is 2.03. The van der Waals surface area contributed by atoms with Gasteiger partial charge in [-0.1, -0.05) is 30.3 Å². The van der Waals surface area contributed by atoms with Crippen molar-refractivity contribution in [3.05, 3.63) is 65.0 Å². The van der Waals surface area contributed by atoms with E-state index in [4.69, 9.17) is 5.84 Å². The molecule has 2 rings (SSSR count). The maximum absolute atomic E-state index is 11.2. The normalized spacial score (nSPS) is 10.3. The number of pyridine rings is 1. The molecular weight excluding hydrogens is 290 g/mol. The average molecular weight is 311 g/mol. The van der Waals surface area contributed by atoms with Gasteiger partial charge >= 0.3 is 0 Å². The topological polar surface area (TPSA) is 85.1 Å². The summed E-state index contributed by atoms with van der Waals surface area (Å²) in [6, 6.07) is 11.9. The number of hydrazine groups is 1. The molecule has 0 spiro atoms. The fourth-order valence-corrected chi connectivity index (χ4v) is 2.31. The molecule has 5 nitrogen and oxygen atoms in total. The number of aryl methyl sites for hydroxylation is 2. The zero-order chi connectivity index (χ0) is 16.7. The number of carbonyl (C=O) groups is 2. The third-order valence-electron chi connectivity index (χ3n) is 3.57. The van der Waals surface area contributed by atoms with E-state index in [0.29, 0.717) is 6.42 Å². The van der Waals surface area contributed by atoms with Crippen LogP contribution < -0.4 is 11.3 Å². The Morgan fingerprint density at radius 1 is 0.957 bits per heavy atom. The van der Waals surface area contributed by atoms with E-state index in [1.807, 2.05) is 42.6 Å². The smallest absolute Gasteiger partial charge is 0.238 e. The van der Waals surface area contributed by atoms with E-state index in [1.54, 1.807) is 6.92 Å². The molecule has 1 heterocycles. The molecule has 120 valence electrons. The first-order valence-electron chi connectivity index (χ1n) is 7.57. The predicted molar refractivity (Wildman–Crippen MR) is 88.5 cm³/mol. The number of nitrogens with two attached hydrogens (primary N) is 1. The first-order valence-corrected chi connectivity index (χ1v) is 7.57. The number of hydrogen-bond donors (Lipinski definition) is 2. The largest absolute Gasteiger partial charge is 0.300 e. The van der Waals surface area contributed by atoms with Gasteiger partial charge in [-0.2, -0.15) is 0 Å². The van der Waals surface area contributed by atoms with Crippen LogP contribution in [0.5, 0.6) is 0 Å². The fourth-order valence-electron chi connectivity index (χ4n) is 2.31. The van der Waals surface area contributed by atoms with Crippen molar-refractivity contribution in [3.8, 4) is 0 Å². The molecule has 23 heavy (non-hydrogen) atoms. The fraction of sp³-hybridized carbons (Fsp3) is 0.278. The van der Waals surface area contributed by atoms with Crippen LogP contribution in [0.25, 0.3) is 0 Å². The van der Waals surface area contributed by atoms with Crippen molar-refractivity contribution in [1.82, 2.24) is 10.4 Å². The Morgan fingerprint density at radius 2 is 1.57 bits per heavy atom. The number of carbonyl (C=O) groups excluding carboxylic acids is 2. The third-order valence-corrected chi connectivity index (χ3v) is 3.57. The first kappa shape index (κ1) is 16.8. The average Bonchev–Trinajstić information content (AvgIpc) is 2.55. The van der Waals surface area contributed by atoms with Gasteiger partial charge in [0.25, 0.3) is 0 Å². The maximum Gasteiger partial charge on any atom is 0.238 e. The molecular formula is C18H21N3O2. The summed E-state index contributed by atoms with van der Waals surface area (Å²) < 4.78 is 0. The van der Waals surface area contributed by atoms with E-state index < -0.39 is 0 Å². The lowest BCUT2D eigenvalue weighted by atomic mass is 10.0. The molecule has 1 aromatic carbocycles. The molecule has 0 radical (unpaired) electrons. The number of nitrogens with zero attached hydrogens (tertiary/aromatic N) is 1. The second-order valence-electron chi connectivity index (χ2n) is 5.60. The molecule has 2 aromatic rings. The molecule has 5 heteroatoms. The number of rotatable bonds is 7. The van der Waals surface area contributed by atoms with Gasteiger partial charge in [0, 0.05) is 18.3 Å². The lowest BCUT2D eigenvalue weighted by Crippen LogP contribution is -2.31. The number of amides is 1. The molecule has 1 aromatic heterocycles. The molecule has 0 aliphatic carbocycles. The minimum absolute atomic E-state index is 0.119. The van der Waals surface area contributed by atoms with Crippen molar-refractivity contribution in [2.75, 3.05) is 0 Å². The van der Waals surface area contributed by atoms with Crippen LogP contribution in [0.1, 0.15) is 29.3 Å². The minimum Gasteiger partial charge on any atom is -0.300 e. The number of nitrogens with one attached hydrogen (secondary N) is 1. The van der Waals surface area contributed by atoms with Crippen molar-refractivity contribution >= 4 is 11.7 Å². The summed E-state index contributed by atoms with van der Waals surface area (Å²) in [6.45, 7) is 1.57. The summed E-state index contributed by atoms with van der Waals surface area (Å²) in [4.78, 5) is 26.6. The summed E-state index contributed by atoms with van der Waals surface area (Å²) in [7, 11) is 0. The summed E-state index contributed by atoms with van der Waals surface area (Å²) in [5.74, 6) is 4.99. The lowest BCUT2D eigenvalue weighted by Gasteiger charge is -2.05. The van der Waals surface area contributed by atoms with E-state index in [-0.39, 0.29) is 18.1 Å². The molecule has 3 N–H and O–H groups in total. The second-order valence-corrected chi connectivity index (χ2v) is 5.60. The van der Waals surface area contributed by atoms with E-state index in [1.165, 1.54) is 5.56 Å². The van der Waals surface area contributed by atoms with Crippen LogP contribution in [0, 0.1) is 0 Å². The Morgan fingerprint density at radius 3 is 2.13 bits per heavy atom. The molecule has 0 aliphatic rings. The monoisotopic (exact) mass is 311 g/mol. The van der Waals surface area contributed by atoms with Gasteiger partial charge in [0.15, 0.2) is 0 Å². The van der Waals surface area contributed by atoms with Gasteiger partial charge < -0.3 is 0 Å². The van der Waals surface area contributed by atoms with Gasteiger partial charge in [0.05, 0.1) is 6.42 Å². The Hall–Kier alpha value is -2.53. The van der Waals surface area contributed by atoms with Gasteiger partial charge in [-0.25, -0.2) is 5.84 Å². The Kier molecular flexibility index (Phi) is 6.00. The van der Waals surface area contributed by atoms with Crippen LogP contribution in [-0.4, -0.2) is 16.7 Å². The van der Waals surface area contributed by atoms with Crippen LogP contribution in [0.15, 0.2) is 42.6 Å². The lowest BCUT2D eigenvalue weighted by molar-refractivity contribution is -0.120. The number of aromatic nitrogens is 1. The Labute approximate surface area is 135 Å². The number of hydrogen-bond acceptors (Lipinski definition) is 4. The van der Waals surface area contributed by atoms with Gasteiger partial charge in [0.1, 0.15) is 5.78 Å². The van der Waals surface area contributed by atoms with Crippen molar-refractivity contribution < 1.29 is 9.59 Å². The highest BCUT2D eigenvalue weighted by atomic mass is 16.2. The van der Waals surface area contributed by atoms with Crippen molar-refractivity contribution in [1.29, 1.82) is 0 Å². The molecule has 0 bridgehead atoms. The van der Waals surface area contributed by atoms with E-state index >= 15 is 0 Å². The van der Waals surface area contributed by atoms with Crippen LogP contribution in [-0.2, 0) is 35.3 Å². The Balaban J connectivity index is 1.88. The molecule has 0 atom stereocenters. The summed E-state index contributed by atoms with van der Waals surface area (Å²) in [6.07, 6.45) is 4.29. The highest BCUT2D eigenvalue weighted by Crippen LogP contribution is 2.10. The zero-order valence-corrected chi connectivity index (χ0v) is 13.2. The van der Waals surface area contributed by atoms with Crippen molar-refractivity contribution in [3.63, 3.8) is 0 Å². The number of ketones is 1. The number of Topliss-reactive ketones (excluding diaryl/α,β-unsaturated/α-hetero) is 1. The van der Waals surface area contributed by atoms with Gasteiger partial charge in [0.2, 0.25) is 5.91 Å². The molecule has 0 aliphatic heterocycles. The van der Waals surface area contributed by atoms with Crippen LogP contribution in [0.3, 0.4) is 0 Å².